The third kappa shape index (κ3) is 4.29. The molecular weight excluding hydrogens is 398 g/mol. The van der Waals surface area contributed by atoms with Gasteiger partial charge in [0, 0.05) is 18.2 Å². The lowest BCUT2D eigenvalue weighted by Gasteiger charge is -2.27. The zero-order valence-corrected chi connectivity index (χ0v) is 17.3. The van der Waals surface area contributed by atoms with Crippen LogP contribution in [0.2, 0.25) is 5.02 Å². The van der Waals surface area contributed by atoms with Gasteiger partial charge in [-0.1, -0.05) is 29.8 Å². The molecule has 0 aliphatic carbocycles. The number of hydrogen-bond donors (Lipinski definition) is 1. The van der Waals surface area contributed by atoms with Crippen molar-refractivity contribution in [3.05, 3.63) is 68.6 Å². The Kier molecular flexibility index (Phi) is 6.54. The van der Waals surface area contributed by atoms with Gasteiger partial charge in [0.05, 0.1) is 22.6 Å². The summed E-state index contributed by atoms with van der Waals surface area (Å²) in [6.45, 7) is 4.75. The van der Waals surface area contributed by atoms with E-state index in [1.165, 1.54) is 16.2 Å². The van der Waals surface area contributed by atoms with Crippen molar-refractivity contribution in [3.63, 3.8) is 0 Å². The molecule has 2 aromatic rings. The van der Waals surface area contributed by atoms with Crippen LogP contribution >= 0.6 is 22.9 Å². The van der Waals surface area contributed by atoms with Gasteiger partial charge < -0.3 is 14.7 Å². The molecule has 0 spiro atoms. The van der Waals surface area contributed by atoms with Crippen molar-refractivity contribution in [2.75, 3.05) is 13.2 Å². The lowest BCUT2D eigenvalue weighted by Crippen LogP contribution is -2.32. The minimum absolute atomic E-state index is 0.101. The van der Waals surface area contributed by atoms with Crippen LogP contribution in [-0.2, 0) is 9.53 Å². The van der Waals surface area contributed by atoms with E-state index in [-0.39, 0.29) is 17.5 Å². The van der Waals surface area contributed by atoms with Gasteiger partial charge in [-0.3, -0.25) is 9.59 Å². The summed E-state index contributed by atoms with van der Waals surface area (Å²) < 4.78 is 5.56. The highest BCUT2D eigenvalue weighted by molar-refractivity contribution is 7.12. The Labute approximate surface area is 173 Å². The number of benzene rings is 1. The molecule has 3 rings (SSSR count). The van der Waals surface area contributed by atoms with Crippen LogP contribution in [0.1, 0.15) is 41.5 Å². The molecular formula is C21H22ClNO4S. The monoisotopic (exact) mass is 419 g/mol. The van der Waals surface area contributed by atoms with E-state index >= 15 is 0 Å². The maximum absolute atomic E-state index is 13.0. The second kappa shape index (κ2) is 8.90. The first-order chi connectivity index (χ1) is 13.4. The van der Waals surface area contributed by atoms with E-state index in [1.54, 1.807) is 41.8 Å². The number of halogens is 1. The molecule has 148 valence electrons. The second-order valence-corrected chi connectivity index (χ2v) is 8.18. The van der Waals surface area contributed by atoms with E-state index < -0.39 is 17.7 Å². The fourth-order valence-corrected chi connectivity index (χ4v) is 4.01. The lowest BCUT2D eigenvalue weighted by atomic mass is 9.95. The average molecular weight is 420 g/mol. The summed E-state index contributed by atoms with van der Waals surface area (Å²) in [5.41, 5.74) is 0.839. The van der Waals surface area contributed by atoms with E-state index in [9.17, 15) is 14.7 Å². The molecule has 1 aliphatic heterocycles. The third-order valence-electron chi connectivity index (χ3n) is 4.47. The number of carbonyl (C=O) groups is 2. The Bertz CT molecular complexity index is 874. The van der Waals surface area contributed by atoms with E-state index in [2.05, 4.69) is 0 Å². The molecule has 1 aromatic carbocycles. The first kappa shape index (κ1) is 20.6. The predicted molar refractivity (Wildman–Crippen MR) is 110 cm³/mol. The number of aliphatic hydroxyl groups excluding tert-OH is 1. The molecule has 1 aromatic heterocycles. The SMILES string of the molecule is CC(C)OCCCN1C(=O)C(O)=C(C(=O)c2cccs2)C1c1ccc(Cl)cc1. The highest BCUT2D eigenvalue weighted by Gasteiger charge is 2.43. The number of ether oxygens (including phenoxy) is 1. The van der Waals surface area contributed by atoms with Crippen LogP contribution in [-0.4, -0.2) is 41.0 Å². The van der Waals surface area contributed by atoms with Crippen LogP contribution < -0.4 is 0 Å². The Balaban J connectivity index is 1.93. The van der Waals surface area contributed by atoms with Crippen molar-refractivity contribution in [1.29, 1.82) is 0 Å². The molecule has 0 fully saturated rings. The largest absolute Gasteiger partial charge is 0.503 e. The van der Waals surface area contributed by atoms with E-state index in [1.807, 2.05) is 13.8 Å². The summed E-state index contributed by atoms with van der Waals surface area (Å²) in [6.07, 6.45) is 0.700. The van der Waals surface area contributed by atoms with Gasteiger partial charge in [-0.2, -0.15) is 0 Å². The van der Waals surface area contributed by atoms with Crippen LogP contribution in [0.15, 0.2) is 53.1 Å². The van der Waals surface area contributed by atoms with E-state index in [0.29, 0.717) is 29.5 Å². The quantitative estimate of drug-likeness (QED) is 0.493. The third-order valence-corrected chi connectivity index (χ3v) is 5.59. The molecule has 0 radical (unpaired) electrons. The van der Waals surface area contributed by atoms with E-state index in [0.717, 1.165) is 5.56 Å². The number of amides is 1. The molecule has 7 heteroatoms. The van der Waals surface area contributed by atoms with Crippen molar-refractivity contribution in [2.24, 2.45) is 0 Å². The van der Waals surface area contributed by atoms with Crippen LogP contribution in [0.5, 0.6) is 0 Å². The minimum Gasteiger partial charge on any atom is -0.503 e. The number of carbonyl (C=O) groups excluding carboxylic acids is 2. The van der Waals surface area contributed by atoms with Gasteiger partial charge in [-0.15, -0.1) is 11.3 Å². The van der Waals surface area contributed by atoms with Gasteiger partial charge in [0.25, 0.3) is 5.91 Å². The molecule has 1 aliphatic rings. The summed E-state index contributed by atoms with van der Waals surface area (Å²) in [6, 6.07) is 9.78. The Morgan fingerprint density at radius 2 is 2.00 bits per heavy atom. The molecule has 2 heterocycles. The normalized spacial score (nSPS) is 17.1. The van der Waals surface area contributed by atoms with Crippen molar-refractivity contribution >= 4 is 34.6 Å². The molecule has 1 unspecified atom stereocenters. The van der Waals surface area contributed by atoms with Crippen LogP contribution in [0.3, 0.4) is 0 Å². The number of nitrogens with zero attached hydrogens (tertiary/aromatic N) is 1. The van der Waals surface area contributed by atoms with Crippen LogP contribution in [0, 0.1) is 0 Å². The molecule has 28 heavy (non-hydrogen) atoms. The average Bonchev–Trinajstić information content (AvgIpc) is 3.28. The summed E-state index contributed by atoms with van der Waals surface area (Å²) in [7, 11) is 0. The van der Waals surface area contributed by atoms with Crippen molar-refractivity contribution in [1.82, 2.24) is 4.90 Å². The number of ketones is 1. The smallest absolute Gasteiger partial charge is 0.290 e. The number of aliphatic hydroxyl groups is 1. The fourth-order valence-electron chi connectivity index (χ4n) is 3.20. The van der Waals surface area contributed by atoms with Gasteiger partial charge in [0.15, 0.2) is 5.76 Å². The summed E-state index contributed by atoms with van der Waals surface area (Å²) in [5.74, 6) is -1.35. The maximum Gasteiger partial charge on any atom is 0.290 e. The van der Waals surface area contributed by atoms with Gasteiger partial charge in [-0.05, 0) is 49.4 Å². The second-order valence-electron chi connectivity index (χ2n) is 6.79. The van der Waals surface area contributed by atoms with Crippen molar-refractivity contribution in [2.45, 2.75) is 32.4 Å². The highest BCUT2D eigenvalue weighted by Crippen LogP contribution is 2.39. The zero-order chi connectivity index (χ0) is 20.3. The Morgan fingerprint density at radius 3 is 2.61 bits per heavy atom. The number of rotatable bonds is 8. The summed E-state index contributed by atoms with van der Waals surface area (Å²) >= 11 is 7.28. The number of hydrogen-bond acceptors (Lipinski definition) is 5. The number of thiophene rings is 1. The zero-order valence-electron chi connectivity index (χ0n) is 15.7. The van der Waals surface area contributed by atoms with Crippen molar-refractivity contribution in [3.8, 4) is 0 Å². The summed E-state index contributed by atoms with van der Waals surface area (Å²) in [5, 5.41) is 12.9. The molecule has 0 saturated carbocycles. The van der Waals surface area contributed by atoms with Gasteiger partial charge >= 0.3 is 0 Å². The lowest BCUT2D eigenvalue weighted by molar-refractivity contribution is -0.129. The fraction of sp³-hybridized carbons (Fsp3) is 0.333. The minimum atomic E-state index is -0.654. The van der Waals surface area contributed by atoms with Gasteiger partial charge in [0.2, 0.25) is 5.78 Å². The summed E-state index contributed by atoms with van der Waals surface area (Å²) in [4.78, 5) is 27.8. The standard InChI is InChI=1S/C21H22ClNO4S/c1-13(2)27-11-4-10-23-18(14-6-8-15(22)9-7-14)17(20(25)21(23)26)19(24)16-5-3-12-28-16/h3,5-9,12-13,18,25H,4,10-11H2,1-2H3. The van der Waals surface area contributed by atoms with Crippen LogP contribution in [0.25, 0.3) is 0 Å². The first-order valence-electron chi connectivity index (χ1n) is 9.09. The molecule has 0 saturated heterocycles. The predicted octanol–water partition coefficient (Wildman–Crippen LogP) is 4.79. The first-order valence-corrected chi connectivity index (χ1v) is 10.3. The molecule has 5 nitrogen and oxygen atoms in total. The van der Waals surface area contributed by atoms with Crippen molar-refractivity contribution < 1.29 is 19.4 Å². The molecule has 0 bridgehead atoms. The van der Waals surface area contributed by atoms with Gasteiger partial charge in [0.1, 0.15) is 0 Å². The highest BCUT2D eigenvalue weighted by atomic mass is 35.5. The Hall–Kier alpha value is -2.15. The van der Waals surface area contributed by atoms with Gasteiger partial charge in [-0.25, -0.2) is 0 Å². The molecule has 1 N–H and O–H groups in total. The topological polar surface area (TPSA) is 66.8 Å². The van der Waals surface area contributed by atoms with Crippen LogP contribution in [0.4, 0.5) is 0 Å². The molecule has 1 amide bonds. The number of Topliss-reactive ketones (excluding diaryl/α,β-unsaturated/α-hetero) is 1. The molecule has 1 atom stereocenters. The maximum atomic E-state index is 13.0. The Morgan fingerprint density at radius 1 is 1.29 bits per heavy atom. The van der Waals surface area contributed by atoms with E-state index in [4.69, 9.17) is 16.3 Å².